The molecular weight excluding hydrogens is 402 g/mol. The van der Waals surface area contributed by atoms with Crippen LogP contribution in [-0.4, -0.2) is 24.1 Å². The molecule has 0 radical (unpaired) electrons. The highest BCUT2D eigenvalue weighted by atomic mass is 35.5. The van der Waals surface area contributed by atoms with Crippen LogP contribution in [0, 0.1) is 0 Å². The molecule has 0 spiro atoms. The first-order valence-corrected chi connectivity index (χ1v) is 10.9. The third-order valence-corrected chi connectivity index (χ3v) is 6.41. The Morgan fingerprint density at radius 3 is 2.85 bits per heavy atom. The molecule has 27 heavy (non-hydrogen) atoms. The Labute approximate surface area is 169 Å². The van der Waals surface area contributed by atoms with Gasteiger partial charge in [-0.2, -0.15) is 9.61 Å². The van der Waals surface area contributed by atoms with Crippen molar-refractivity contribution in [3.05, 3.63) is 50.3 Å². The largest absolute Gasteiger partial charge is 0.319 e. The van der Waals surface area contributed by atoms with Crippen molar-refractivity contribution in [3.8, 4) is 0 Å². The zero-order chi connectivity index (χ0) is 19.0. The number of imidazole rings is 1. The maximum atomic E-state index is 12.3. The predicted molar refractivity (Wildman–Crippen MR) is 111 cm³/mol. The van der Waals surface area contributed by atoms with E-state index < -0.39 is 0 Å². The second kappa shape index (κ2) is 7.61. The molecule has 140 valence electrons. The maximum Gasteiger partial charge on any atom is 0.275 e. The van der Waals surface area contributed by atoms with Crippen molar-refractivity contribution >= 4 is 50.7 Å². The van der Waals surface area contributed by atoms with Crippen LogP contribution < -0.4 is 5.56 Å². The second-order valence-corrected chi connectivity index (χ2v) is 8.52. The van der Waals surface area contributed by atoms with E-state index in [9.17, 15) is 4.79 Å². The maximum absolute atomic E-state index is 12.3. The molecular formula is C18H18ClN5OS2. The van der Waals surface area contributed by atoms with Crippen LogP contribution in [0.1, 0.15) is 31.0 Å². The lowest BCUT2D eigenvalue weighted by Crippen LogP contribution is -2.15. The van der Waals surface area contributed by atoms with Gasteiger partial charge in [0.05, 0.1) is 16.7 Å². The molecule has 0 aliphatic heterocycles. The minimum absolute atomic E-state index is 0.139. The summed E-state index contributed by atoms with van der Waals surface area (Å²) >= 11 is 9.15. The van der Waals surface area contributed by atoms with Crippen LogP contribution in [0.5, 0.6) is 0 Å². The first kappa shape index (κ1) is 18.5. The van der Waals surface area contributed by atoms with Crippen LogP contribution in [-0.2, 0) is 18.7 Å². The summed E-state index contributed by atoms with van der Waals surface area (Å²) in [4.78, 5) is 22.3. The number of halogens is 1. The molecule has 0 atom stereocenters. The molecule has 0 saturated carbocycles. The molecule has 4 rings (SSSR count). The number of nitrogens with zero attached hydrogens (tertiary/aromatic N) is 5. The number of rotatable bonds is 6. The van der Waals surface area contributed by atoms with Crippen molar-refractivity contribution < 1.29 is 0 Å². The Kier molecular flexibility index (Phi) is 5.21. The van der Waals surface area contributed by atoms with Gasteiger partial charge in [0.1, 0.15) is 5.01 Å². The van der Waals surface area contributed by atoms with Crippen molar-refractivity contribution in [2.45, 2.75) is 44.1 Å². The third kappa shape index (κ3) is 3.61. The van der Waals surface area contributed by atoms with Gasteiger partial charge >= 0.3 is 0 Å². The van der Waals surface area contributed by atoms with Crippen LogP contribution in [0.4, 0.5) is 0 Å². The van der Waals surface area contributed by atoms with Crippen LogP contribution >= 0.6 is 34.7 Å². The quantitative estimate of drug-likeness (QED) is 0.433. The molecule has 1 aromatic carbocycles. The number of fused-ring (bicyclic) bond motifs is 2. The van der Waals surface area contributed by atoms with Gasteiger partial charge in [-0.25, -0.2) is 9.97 Å². The first-order valence-electron chi connectivity index (χ1n) is 8.76. The van der Waals surface area contributed by atoms with Crippen LogP contribution in [0.2, 0.25) is 5.02 Å². The van der Waals surface area contributed by atoms with Gasteiger partial charge in [0, 0.05) is 23.4 Å². The number of benzene rings is 1. The van der Waals surface area contributed by atoms with E-state index in [1.807, 2.05) is 25.1 Å². The highest BCUT2D eigenvalue weighted by Gasteiger charge is 2.13. The highest BCUT2D eigenvalue weighted by Crippen LogP contribution is 2.28. The fourth-order valence-corrected chi connectivity index (χ4v) is 4.84. The molecule has 0 unspecified atom stereocenters. The van der Waals surface area contributed by atoms with Gasteiger partial charge in [-0.15, -0.1) is 0 Å². The topological polar surface area (TPSA) is 65.1 Å². The summed E-state index contributed by atoms with van der Waals surface area (Å²) in [5.41, 5.74) is 2.56. The van der Waals surface area contributed by atoms with E-state index in [1.54, 1.807) is 17.8 Å². The third-order valence-electron chi connectivity index (χ3n) is 4.11. The van der Waals surface area contributed by atoms with E-state index in [0.717, 1.165) is 46.3 Å². The zero-order valence-electron chi connectivity index (χ0n) is 15.0. The molecule has 0 aliphatic rings. The fourth-order valence-electron chi connectivity index (χ4n) is 2.88. The summed E-state index contributed by atoms with van der Waals surface area (Å²) in [5, 5.41) is 6.79. The molecule has 0 saturated heterocycles. The molecule has 0 bridgehead atoms. The fraction of sp³-hybridized carbons (Fsp3) is 0.333. The van der Waals surface area contributed by atoms with Gasteiger partial charge in [-0.05, 0) is 31.0 Å². The highest BCUT2D eigenvalue weighted by molar-refractivity contribution is 7.98. The zero-order valence-corrected chi connectivity index (χ0v) is 17.4. The second-order valence-electron chi connectivity index (χ2n) is 6.10. The lowest BCUT2D eigenvalue weighted by atomic mass is 10.3. The molecule has 3 heterocycles. The van der Waals surface area contributed by atoms with Crippen molar-refractivity contribution in [3.63, 3.8) is 0 Å². The van der Waals surface area contributed by atoms with E-state index in [1.165, 1.54) is 15.9 Å². The van der Waals surface area contributed by atoms with Crippen LogP contribution in [0.25, 0.3) is 16.0 Å². The number of aryl methyl sites for hydroxylation is 2. The summed E-state index contributed by atoms with van der Waals surface area (Å²) < 4.78 is 3.58. The lowest BCUT2D eigenvalue weighted by molar-refractivity contribution is 0.638. The number of thioether (sulfide) groups is 1. The average molecular weight is 420 g/mol. The molecule has 0 amide bonds. The lowest BCUT2D eigenvalue weighted by Gasteiger charge is -2.07. The summed E-state index contributed by atoms with van der Waals surface area (Å²) in [5.74, 6) is 0.575. The minimum atomic E-state index is -0.139. The summed E-state index contributed by atoms with van der Waals surface area (Å²) in [6.45, 7) is 5.04. The Morgan fingerprint density at radius 1 is 1.22 bits per heavy atom. The molecule has 4 aromatic rings. The van der Waals surface area contributed by atoms with Crippen molar-refractivity contribution in [1.29, 1.82) is 0 Å². The van der Waals surface area contributed by atoms with Crippen LogP contribution in [0.3, 0.4) is 0 Å². The Balaban J connectivity index is 1.66. The smallest absolute Gasteiger partial charge is 0.275 e. The van der Waals surface area contributed by atoms with Gasteiger partial charge < -0.3 is 4.57 Å². The SMILES string of the molecule is CCCn1c(SCc2cc(=O)n3nc(CC)sc3n2)nc2cc(Cl)ccc21. The Hall–Kier alpha value is -1.90. The normalized spacial score (nSPS) is 11.7. The molecule has 0 N–H and O–H groups in total. The molecule has 3 aromatic heterocycles. The van der Waals surface area contributed by atoms with Gasteiger partial charge in [-0.3, -0.25) is 4.79 Å². The monoisotopic (exact) mass is 419 g/mol. The van der Waals surface area contributed by atoms with Crippen LogP contribution in [0.15, 0.2) is 34.2 Å². The van der Waals surface area contributed by atoms with Crippen molar-refractivity contribution in [2.24, 2.45) is 0 Å². The summed E-state index contributed by atoms with van der Waals surface area (Å²) in [7, 11) is 0. The van der Waals surface area contributed by atoms with Gasteiger partial charge in [-0.1, -0.05) is 48.5 Å². The van der Waals surface area contributed by atoms with E-state index in [4.69, 9.17) is 16.6 Å². The van der Waals surface area contributed by atoms with Crippen molar-refractivity contribution in [2.75, 3.05) is 0 Å². The van der Waals surface area contributed by atoms with Gasteiger partial charge in [0.2, 0.25) is 4.96 Å². The minimum Gasteiger partial charge on any atom is -0.319 e. The van der Waals surface area contributed by atoms with Gasteiger partial charge in [0.15, 0.2) is 5.16 Å². The molecule has 9 heteroatoms. The number of aromatic nitrogens is 5. The first-order chi connectivity index (χ1) is 13.1. The number of hydrogen-bond acceptors (Lipinski definition) is 6. The Morgan fingerprint density at radius 2 is 2.07 bits per heavy atom. The standard InChI is InChI=1S/C18H18ClN5OS2/c1-3-7-23-14-6-5-11(19)8-13(14)21-17(23)26-10-12-9-16(25)24-18(20-12)27-15(4-2)22-24/h5-6,8-9H,3-4,7,10H2,1-2H3. The predicted octanol–water partition coefficient (Wildman–Crippen LogP) is 4.42. The number of hydrogen-bond donors (Lipinski definition) is 0. The Bertz CT molecular complexity index is 1180. The van der Waals surface area contributed by atoms with E-state index in [2.05, 4.69) is 21.6 Å². The summed E-state index contributed by atoms with van der Waals surface area (Å²) in [6.07, 6.45) is 1.80. The van der Waals surface area contributed by atoms with Crippen molar-refractivity contribution in [1.82, 2.24) is 24.1 Å². The molecule has 0 fully saturated rings. The molecule has 6 nitrogen and oxygen atoms in total. The van der Waals surface area contributed by atoms with E-state index in [-0.39, 0.29) is 5.56 Å². The van der Waals surface area contributed by atoms with Gasteiger partial charge in [0.25, 0.3) is 5.56 Å². The van der Waals surface area contributed by atoms with E-state index in [0.29, 0.717) is 15.7 Å². The molecule has 0 aliphatic carbocycles. The van der Waals surface area contributed by atoms with E-state index >= 15 is 0 Å². The average Bonchev–Trinajstić information content (AvgIpc) is 3.21. The summed E-state index contributed by atoms with van der Waals surface area (Å²) in [6, 6.07) is 7.33.